The van der Waals surface area contributed by atoms with Crippen molar-refractivity contribution in [3.05, 3.63) is 58.4 Å². The van der Waals surface area contributed by atoms with E-state index in [9.17, 15) is 9.65 Å². The van der Waals surface area contributed by atoms with Crippen molar-refractivity contribution < 1.29 is 4.39 Å². The van der Waals surface area contributed by atoms with Gasteiger partial charge in [0.05, 0.1) is 17.3 Å². The predicted octanol–water partition coefficient (Wildman–Crippen LogP) is 7.12. The second-order valence-corrected chi connectivity index (χ2v) is 12.0. The molecular weight excluding hydrogens is 385 g/mol. The second-order valence-electron chi connectivity index (χ2n) is 12.0. The van der Waals surface area contributed by atoms with Crippen molar-refractivity contribution in [1.82, 2.24) is 9.97 Å². The van der Waals surface area contributed by atoms with Gasteiger partial charge in [-0.25, -0.2) is 4.39 Å². The Kier molecular flexibility index (Phi) is 6.72. The maximum absolute atomic E-state index is 15.0. The molecule has 0 aliphatic rings. The monoisotopic (exact) mass is 423 g/mol. The van der Waals surface area contributed by atoms with E-state index in [4.69, 9.17) is 4.98 Å². The molecule has 0 aromatic carbocycles. The quantitative estimate of drug-likeness (QED) is 0.514. The molecule has 0 saturated carbocycles. The lowest BCUT2D eigenvalue weighted by atomic mass is 9.74. The third kappa shape index (κ3) is 5.70. The molecule has 0 atom stereocenters. The molecule has 31 heavy (non-hydrogen) atoms. The Morgan fingerprint density at radius 3 is 1.87 bits per heavy atom. The van der Waals surface area contributed by atoms with Crippen molar-refractivity contribution in [3.8, 4) is 6.07 Å². The molecule has 2 aromatic heterocycles. The Hall–Kier alpha value is -2.28. The first kappa shape index (κ1) is 25.0. The molecule has 0 radical (unpaired) electrons. The van der Waals surface area contributed by atoms with Gasteiger partial charge in [0.1, 0.15) is 5.82 Å². The topological polar surface area (TPSA) is 49.6 Å². The fourth-order valence-corrected chi connectivity index (χ4v) is 3.73. The van der Waals surface area contributed by atoms with Crippen LogP contribution in [0.25, 0.3) is 0 Å². The smallest absolute Gasteiger partial charge is 0.145 e. The van der Waals surface area contributed by atoms with Crippen LogP contribution in [0.15, 0.2) is 24.5 Å². The molecule has 0 fully saturated rings. The van der Waals surface area contributed by atoms with Crippen LogP contribution in [-0.2, 0) is 21.7 Å². The largest absolute Gasteiger partial charge is 0.260 e. The molecule has 4 heteroatoms. The summed E-state index contributed by atoms with van der Waals surface area (Å²) in [6.07, 6.45) is 5.20. The number of aromatic nitrogens is 2. The number of halogens is 1. The number of hydrogen-bond donors (Lipinski definition) is 0. The van der Waals surface area contributed by atoms with Gasteiger partial charge in [-0.1, -0.05) is 69.2 Å². The van der Waals surface area contributed by atoms with Crippen LogP contribution < -0.4 is 0 Å². The average molecular weight is 424 g/mol. The molecule has 0 spiro atoms. The Morgan fingerprint density at radius 2 is 1.39 bits per heavy atom. The zero-order valence-corrected chi connectivity index (χ0v) is 20.9. The summed E-state index contributed by atoms with van der Waals surface area (Å²) < 4.78 is 15.0. The van der Waals surface area contributed by atoms with Crippen molar-refractivity contribution in [1.29, 1.82) is 5.26 Å². The molecule has 2 rings (SSSR count). The summed E-state index contributed by atoms with van der Waals surface area (Å²) in [7, 11) is 0. The summed E-state index contributed by atoms with van der Waals surface area (Å²) >= 11 is 0. The van der Waals surface area contributed by atoms with Crippen LogP contribution >= 0.6 is 0 Å². The van der Waals surface area contributed by atoms with Gasteiger partial charge in [-0.15, -0.1) is 0 Å². The van der Waals surface area contributed by atoms with Crippen LogP contribution in [0.2, 0.25) is 0 Å². The molecule has 0 unspecified atom stereocenters. The summed E-state index contributed by atoms with van der Waals surface area (Å²) in [5, 5.41) is 9.66. The van der Waals surface area contributed by atoms with Gasteiger partial charge in [0, 0.05) is 28.9 Å². The number of nitrogens with zero attached hydrogens (tertiary/aromatic N) is 3. The highest BCUT2D eigenvalue weighted by atomic mass is 19.1. The predicted molar refractivity (Wildman–Crippen MR) is 126 cm³/mol. The molecular formula is C27H38FN3. The third-order valence-electron chi connectivity index (χ3n) is 6.25. The summed E-state index contributed by atoms with van der Waals surface area (Å²) in [5.41, 5.74) is 3.00. The van der Waals surface area contributed by atoms with Gasteiger partial charge in [0.25, 0.3) is 0 Å². The van der Waals surface area contributed by atoms with Crippen molar-refractivity contribution in [2.75, 3.05) is 0 Å². The minimum absolute atomic E-state index is 0.134. The van der Waals surface area contributed by atoms with E-state index in [1.807, 2.05) is 26.1 Å². The normalized spacial score (nSPS) is 13.2. The molecule has 2 heterocycles. The highest BCUT2D eigenvalue weighted by Crippen LogP contribution is 2.37. The van der Waals surface area contributed by atoms with Crippen LogP contribution in [0.5, 0.6) is 0 Å². The van der Waals surface area contributed by atoms with Crippen LogP contribution in [0.3, 0.4) is 0 Å². The molecule has 0 bridgehead atoms. The van der Waals surface area contributed by atoms with Gasteiger partial charge in [0.15, 0.2) is 0 Å². The molecule has 3 nitrogen and oxygen atoms in total. The van der Waals surface area contributed by atoms with Gasteiger partial charge < -0.3 is 0 Å². The number of rotatable bonds is 5. The van der Waals surface area contributed by atoms with Crippen LogP contribution in [0, 0.1) is 17.1 Å². The van der Waals surface area contributed by atoms with E-state index in [0.717, 1.165) is 29.7 Å². The van der Waals surface area contributed by atoms with Crippen molar-refractivity contribution in [3.63, 3.8) is 0 Å². The lowest BCUT2D eigenvalue weighted by Crippen LogP contribution is -2.27. The van der Waals surface area contributed by atoms with Gasteiger partial charge in [-0.05, 0) is 46.9 Å². The molecule has 0 amide bonds. The fraction of sp³-hybridized carbons (Fsp3) is 0.593. The van der Waals surface area contributed by atoms with Gasteiger partial charge in [-0.3, -0.25) is 9.97 Å². The van der Waals surface area contributed by atoms with E-state index in [2.05, 4.69) is 66.4 Å². The highest BCUT2D eigenvalue weighted by Gasteiger charge is 2.32. The third-order valence-corrected chi connectivity index (χ3v) is 6.25. The molecule has 0 aliphatic heterocycles. The second kappa shape index (κ2) is 8.34. The molecule has 0 aliphatic carbocycles. The summed E-state index contributed by atoms with van der Waals surface area (Å²) in [6, 6.07) is 5.89. The summed E-state index contributed by atoms with van der Waals surface area (Å²) in [6.45, 7) is 20.8. The zero-order chi connectivity index (χ0) is 23.8. The van der Waals surface area contributed by atoms with Crippen LogP contribution in [0.1, 0.15) is 110 Å². The van der Waals surface area contributed by atoms with E-state index in [-0.39, 0.29) is 22.1 Å². The minimum Gasteiger partial charge on any atom is -0.260 e. The Balaban J connectivity index is 2.28. The van der Waals surface area contributed by atoms with Crippen LogP contribution in [-0.4, -0.2) is 9.97 Å². The van der Waals surface area contributed by atoms with E-state index < -0.39 is 5.41 Å². The number of pyridine rings is 2. The van der Waals surface area contributed by atoms with Gasteiger partial charge >= 0.3 is 0 Å². The zero-order valence-electron chi connectivity index (χ0n) is 20.9. The molecule has 168 valence electrons. The first-order valence-corrected chi connectivity index (χ1v) is 11.1. The van der Waals surface area contributed by atoms with Crippen LogP contribution in [0.4, 0.5) is 4.39 Å². The Labute approximate surface area is 188 Å². The highest BCUT2D eigenvalue weighted by molar-refractivity contribution is 5.42. The van der Waals surface area contributed by atoms with Crippen molar-refractivity contribution in [2.45, 2.75) is 104 Å². The molecule has 0 N–H and O–H groups in total. The van der Waals surface area contributed by atoms with E-state index >= 15 is 0 Å². The van der Waals surface area contributed by atoms with Crippen molar-refractivity contribution >= 4 is 0 Å². The van der Waals surface area contributed by atoms with Gasteiger partial charge in [-0.2, -0.15) is 5.26 Å². The molecule has 2 aromatic rings. The van der Waals surface area contributed by atoms with Crippen molar-refractivity contribution in [2.24, 2.45) is 0 Å². The van der Waals surface area contributed by atoms with E-state index in [1.165, 1.54) is 0 Å². The summed E-state index contributed by atoms with van der Waals surface area (Å²) in [5.74, 6) is -0.241. The first-order valence-electron chi connectivity index (χ1n) is 11.1. The van der Waals surface area contributed by atoms with E-state index in [0.29, 0.717) is 11.3 Å². The lowest BCUT2D eigenvalue weighted by molar-refractivity contribution is 0.352. The lowest BCUT2D eigenvalue weighted by Gasteiger charge is -2.32. The van der Waals surface area contributed by atoms with E-state index in [1.54, 1.807) is 12.3 Å². The Morgan fingerprint density at radius 1 is 0.806 bits per heavy atom. The SMILES string of the molecule is CC(C)(C)c1cnc(C(C)(C)CCC(C)(C)c2cc(C#N)c(C(C)(C)C)cn2)c(F)c1. The minimum atomic E-state index is -0.415. The fourth-order valence-electron chi connectivity index (χ4n) is 3.73. The Bertz CT molecular complexity index is 983. The maximum atomic E-state index is 15.0. The maximum Gasteiger partial charge on any atom is 0.145 e. The molecule has 0 saturated heterocycles. The standard InChI is InChI=1S/C27H38FN3/c1-24(2,3)19-14-21(28)23(31-16-19)27(9,10)12-11-26(7,8)22-13-18(15-29)20(17-30-22)25(4,5)6/h13-14,16-17H,11-12H2,1-10H3. The average Bonchev–Trinajstić information content (AvgIpc) is 2.64. The number of nitriles is 1. The first-order chi connectivity index (χ1) is 14.0. The number of hydrogen-bond acceptors (Lipinski definition) is 3. The van der Waals surface area contributed by atoms with Gasteiger partial charge in [0.2, 0.25) is 0 Å². The summed E-state index contributed by atoms with van der Waals surface area (Å²) in [4.78, 5) is 9.24.